The minimum atomic E-state index is 0.577. The van der Waals surface area contributed by atoms with E-state index in [4.69, 9.17) is 4.74 Å². The van der Waals surface area contributed by atoms with E-state index in [1.54, 1.807) is 0 Å². The fourth-order valence-corrected chi connectivity index (χ4v) is 2.73. The lowest BCUT2D eigenvalue weighted by atomic mass is 10.0. The Labute approximate surface area is 134 Å². The Morgan fingerprint density at radius 3 is 2.48 bits per heavy atom. The normalized spacial score (nSPS) is 15.9. The van der Waals surface area contributed by atoms with Gasteiger partial charge in [-0.3, -0.25) is 0 Å². The van der Waals surface area contributed by atoms with Gasteiger partial charge in [-0.25, -0.2) is 5.01 Å². The third-order valence-corrected chi connectivity index (χ3v) is 3.81. The highest BCUT2D eigenvalue weighted by Crippen LogP contribution is 2.23. The van der Waals surface area contributed by atoms with E-state index in [0.717, 1.165) is 28.2 Å². The highest BCUT2D eigenvalue weighted by Gasteiger charge is 2.29. The zero-order chi connectivity index (χ0) is 15.6. The lowest BCUT2D eigenvalue weighted by Crippen LogP contribution is -2.40. The predicted octanol–water partition coefficient (Wildman–Crippen LogP) is 2.86. The SMILES string of the molecule is CCOC1=NN2CC(c3ccccc3)=NN=C2c2ccccc21. The summed E-state index contributed by atoms with van der Waals surface area (Å²) in [5.41, 5.74) is 3.92. The maximum atomic E-state index is 5.71. The molecule has 2 aliphatic rings. The summed E-state index contributed by atoms with van der Waals surface area (Å²) in [5.74, 6) is 1.40. The summed E-state index contributed by atoms with van der Waals surface area (Å²) < 4.78 is 5.71. The molecule has 0 amide bonds. The zero-order valence-corrected chi connectivity index (χ0v) is 12.8. The average Bonchev–Trinajstić information content (AvgIpc) is 2.62. The van der Waals surface area contributed by atoms with Crippen LogP contribution in [0.3, 0.4) is 0 Å². The van der Waals surface area contributed by atoms with Gasteiger partial charge in [0, 0.05) is 11.1 Å². The van der Waals surface area contributed by atoms with Gasteiger partial charge in [-0.1, -0.05) is 48.5 Å². The number of nitrogens with zero attached hydrogens (tertiary/aromatic N) is 4. The summed E-state index contributed by atoms with van der Waals surface area (Å²) in [7, 11) is 0. The van der Waals surface area contributed by atoms with Crippen molar-refractivity contribution in [3.05, 3.63) is 71.3 Å². The number of rotatable bonds is 2. The zero-order valence-electron chi connectivity index (χ0n) is 12.8. The molecule has 0 radical (unpaired) electrons. The Kier molecular flexibility index (Phi) is 3.38. The van der Waals surface area contributed by atoms with E-state index in [9.17, 15) is 0 Å². The molecule has 0 bridgehead atoms. The summed E-state index contributed by atoms with van der Waals surface area (Å²) in [6.45, 7) is 3.11. The van der Waals surface area contributed by atoms with Crippen molar-refractivity contribution < 1.29 is 4.74 Å². The van der Waals surface area contributed by atoms with Gasteiger partial charge in [0.15, 0.2) is 5.84 Å². The van der Waals surface area contributed by atoms with Crippen LogP contribution in [0.1, 0.15) is 23.6 Å². The molecule has 2 aromatic carbocycles. The molecule has 5 heteroatoms. The number of hydrogen-bond acceptors (Lipinski definition) is 5. The Balaban J connectivity index is 1.78. The third-order valence-electron chi connectivity index (χ3n) is 3.81. The van der Waals surface area contributed by atoms with Crippen molar-refractivity contribution in [1.29, 1.82) is 0 Å². The molecular weight excluding hydrogens is 288 g/mol. The molecule has 0 spiro atoms. The Bertz CT molecular complexity index is 824. The molecule has 4 rings (SSSR count). The Hall–Kier alpha value is -2.95. The van der Waals surface area contributed by atoms with Gasteiger partial charge < -0.3 is 4.74 Å². The topological polar surface area (TPSA) is 49.5 Å². The summed E-state index contributed by atoms with van der Waals surface area (Å²) in [4.78, 5) is 0. The molecule has 0 aromatic heterocycles. The van der Waals surface area contributed by atoms with Crippen LogP contribution in [0, 0.1) is 0 Å². The van der Waals surface area contributed by atoms with Crippen LogP contribution in [0.25, 0.3) is 0 Å². The van der Waals surface area contributed by atoms with Gasteiger partial charge in [0.05, 0.1) is 18.9 Å². The summed E-state index contributed by atoms with van der Waals surface area (Å²) in [5, 5.41) is 15.3. The minimum absolute atomic E-state index is 0.577. The van der Waals surface area contributed by atoms with E-state index in [-0.39, 0.29) is 0 Å². The number of benzene rings is 2. The van der Waals surface area contributed by atoms with Gasteiger partial charge >= 0.3 is 0 Å². The molecule has 0 N–H and O–H groups in total. The maximum Gasteiger partial charge on any atom is 0.239 e. The third kappa shape index (κ3) is 2.40. The lowest BCUT2D eigenvalue weighted by Gasteiger charge is -2.29. The minimum Gasteiger partial charge on any atom is -0.477 e. The first-order chi connectivity index (χ1) is 11.4. The second-order valence-corrected chi connectivity index (χ2v) is 5.28. The predicted molar refractivity (Wildman–Crippen MR) is 90.8 cm³/mol. The van der Waals surface area contributed by atoms with Crippen molar-refractivity contribution >= 4 is 17.4 Å². The molecule has 0 saturated carbocycles. The molecule has 23 heavy (non-hydrogen) atoms. The molecule has 0 atom stereocenters. The maximum absolute atomic E-state index is 5.71. The number of hydrogen-bond donors (Lipinski definition) is 0. The van der Waals surface area contributed by atoms with E-state index in [0.29, 0.717) is 19.0 Å². The number of fused-ring (bicyclic) bond motifs is 3. The van der Waals surface area contributed by atoms with Gasteiger partial charge in [0.1, 0.15) is 0 Å². The Morgan fingerprint density at radius 2 is 1.70 bits per heavy atom. The summed E-state index contributed by atoms with van der Waals surface area (Å²) >= 11 is 0. The van der Waals surface area contributed by atoms with Gasteiger partial charge in [-0.05, 0) is 18.6 Å². The molecular formula is C18H16N4O. The van der Waals surface area contributed by atoms with E-state index >= 15 is 0 Å². The molecule has 0 fully saturated rings. The van der Waals surface area contributed by atoms with Crippen molar-refractivity contribution in [2.24, 2.45) is 15.3 Å². The fraction of sp³-hybridized carbons (Fsp3) is 0.167. The lowest BCUT2D eigenvalue weighted by molar-refractivity contribution is 0.312. The van der Waals surface area contributed by atoms with E-state index in [2.05, 4.69) is 15.3 Å². The Morgan fingerprint density at radius 1 is 0.957 bits per heavy atom. The highest BCUT2D eigenvalue weighted by molar-refractivity contribution is 6.15. The molecule has 0 unspecified atom stereocenters. The van der Waals surface area contributed by atoms with Crippen LogP contribution in [-0.2, 0) is 4.74 Å². The van der Waals surface area contributed by atoms with Crippen molar-refractivity contribution in [3.8, 4) is 0 Å². The highest BCUT2D eigenvalue weighted by atomic mass is 16.5. The molecule has 114 valence electrons. The van der Waals surface area contributed by atoms with Crippen LogP contribution in [-0.4, -0.2) is 35.6 Å². The average molecular weight is 304 g/mol. The largest absolute Gasteiger partial charge is 0.477 e. The first-order valence-corrected chi connectivity index (χ1v) is 7.65. The molecule has 2 heterocycles. The first-order valence-electron chi connectivity index (χ1n) is 7.65. The smallest absolute Gasteiger partial charge is 0.239 e. The number of ether oxygens (including phenoxy) is 1. The van der Waals surface area contributed by atoms with Crippen LogP contribution in [0.5, 0.6) is 0 Å². The first kappa shape index (κ1) is 13.7. The van der Waals surface area contributed by atoms with Crippen molar-refractivity contribution in [2.45, 2.75) is 6.92 Å². The fourth-order valence-electron chi connectivity index (χ4n) is 2.73. The molecule has 2 aliphatic heterocycles. The van der Waals surface area contributed by atoms with Crippen LogP contribution in [0.2, 0.25) is 0 Å². The quantitative estimate of drug-likeness (QED) is 0.856. The molecule has 5 nitrogen and oxygen atoms in total. The molecule has 0 saturated heterocycles. The summed E-state index contributed by atoms with van der Waals surface area (Å²) in [6.07, 6.45) is 0. The molecule has 0 aliphatic carbocycles. The van der Waals surface area contributed by atoms with Crippen molar-refractivity contribution in [1.82, 2.24) is 5.01 Å². The van der Waals surface area contributed by atoms with Gasteiger partial charge in [0.25, 0.3) is 0 Å². The van der Waals surface area contributed by atoms with Gasteiger partial charge in [-0.2, -0.15) is 5.10 Å². The van der Waals surface area contributed by atoms with Crippen LogP contribution < -0.4 is 0 Å². The van der Waals surface area contributed by atoms with Crippen molar-refractivity contribution in [3.63, 3.8) is 0 Å². The second kappa shape index (κ2) is 5.68. The standard InChI is InChI=1S/C18H16N4O/c1-2-23-18-15-11-7-6-10-14(15)17-20-19-16(12-22(17)21-18)13-8-4-3-5-9-13/h3-11H,2,12H2,1H3. The van der Waals surface area contributed by atoms with Gasteiger partial charge in [0.2, 0.25) is 5.90 Å². The number of amidine groups is 1. The van der Waals surface area contributed by atoms with E-state index in [1.165, 1.54) is 0 Å². The van der Waals surface area contributed by atoms with E-state index in [1.807, 2.05) is 66.5 Å². The van der Waals surface area contributed by atoms with E-state index < -0.39 is 0 Å². The van der Waals surface area contributed by atoms with Crippen molar-refractivity contribution in [2.75, 3.05) is 13.2 Å². The second-order valence-electron chi connectivity index (χ2n) is 5.28. The summed E-state index contributed by atoms with van der Waals surface area (Å²) in [6, 6.07) is 18.0. The van der Waals surface area contributed by atoms with Crippen LogP contribution in [0.15, 0.2) is 69.9 Å². The van der Waals surface area contributed by atoms with Crippen LogP contribution in [0.4, 0.5) is 0 Å². The van der Waals surface area contributed by atoms with Gasteiger partial charge in [-0.15, -0.1) is 10.2 Å². The monoisotopic (exact) mass is 304 g/mol. The number of hydrazone groups is 1. The van der Waals surface area contributed by atoms with Crippen LogP contribution >= 0.6 is 0 Å². The molecule has 2 aromatic rings.